The Labute approximate surface area is 98.2 Å². The zero-order valence-electron chi connectivity index (χ0n) is 9.74. The number of rotatable bonds is 4. The van der Waals surface area contributed by atoms with Crippen LogP contribution in [0.25, 0.3) is 0 Å². The number of hydrogen-bond donors (Lipinski definition) is 2. The van der Waals surface area contributed by atoms with Crippen molar-refractivity contribution in [2.45, 2.75) is 44.6 Å². The summed E-state index contributed by atoms with van der Waals surface area (Å²) in [5.41, 5.74) is 0. The van der Waals surface area contributed by atoms with E-state index in [1.165, 1.54) is 19.3 Å². The molecule has 1 aliphatic heterocycles. The van der Waals surface area contributed by atoms with Crippen LogP contribution in [0.2, 0.25) is 0 Å². The van der Waals surface area contributed by atoms with E-state index in [2.05, 4.69) is 10.0 Å². The van der Waals surface area contributed by atoms with Crippen molar-refractivity contribution in [3.05, 3.63) is 0 Å². The fourth-order valence-corrected chi connectivity index (χ4v) is 4.48. The molecule has 2 N–H and O–H groups in total. The predicted octanol–water partition coefficient (Wildman–Crippen LogP) is 0.848. The van der Waals surface area contributed by atoms with Crippen LogP contribution in [0.15, 0.2) is 0 Å². The van der Waals surface area contributed by atoms with E-state index in [-0.39, 0.29) is 6.04 Å². The van der Waals surface area contributed by atoms with Crippen molar-refractivity contribution in [2.24, 2.45) is 5.92 Å². The lowest BCUT2D eigenvalue weighted by Gasteiger charge is -2.22. The van der Waals surface area contributed by atoms with Crippen LogP contribution < -0.4 is 10.0 Å². The van der Waals surface area contributed by atoms with Gasteiger partial charge in [-0.15, -0.1) is 0 Å². The monoisotopic (exact) mass is 246 g/mol. The summed E-state index contributed by atoms with van der Waals surface area (Å²) in [5, 5.41) is 3.17. The van der Waals surface area contributed by atoms with Gasteiger partial charge in [-0.1, -0.05) is 19.3 Å². The SMILES string of the molecule is O=S(=O)(CC1CCCCC1)N[C@@H]1CCNC1. The molecule has 2 fully saturated rings. The summed E-state index contributed by atoms with van der Waals surface area (Å²) in [6.07, 6.45) is 6.77. The molecule has 5 heteroatoms. The molecule has 0 spiro atoms. The largest absolute Gasteiger partial charge is 0.315 e. The molecule has 94 valence electrons. The van der Waals surface area contributed by atoms with Gasteiger partial charge in [0.05, 0.1) is 5.75 Å². The van der Waals surface area contributed by atoms with Gasteiger partial charge in [0.1, 0.15) is 0 Å². The van der Waals surface area contributed by atoms with Gasteiger partial charge in [-0.05, 0) is 31.7 Å². The van der Waals surface area contributed by atoms with Crippen LogP contribution >= 0.6 is 0 Å². The van der Waals surface area contributed by atoms with Gasteiger partial charge in [-0.25, -0.2) is 13.1 Å². The third-order valence-electron chi connectivity index (χ3n) is 3.59. The smallest absolute Gasteiger partial charge is 0.212 e. The van der Waals surface area contributed by atoms with E-state index in [1.807, 2.05) is 0 Å². The molecular formula is C11H22N2O2S. The summed E-state index contributed by atoms with van der Waals surface area (Å²) in [7, 11) is -3.05. The summed E-state index contributed by atoms with van der Waals surface area (Å²) in [4.78, 5) is 0. The molecule has 1 aliphatic carbocycles. The first-order valence-electron chi connectivity index (χ1n) is 6.36. The lowest BCUT2D eigenvalue weighted by atomic mass is 9.91. The molecule has 0 radical (unpaired) electrons. The number of nitrogens with one attached hydrogen (secondary N) is 2. The average Bonchev–Trinajstić information content (AvgIpc) is 2.70. The Hall–Kier alpha value is -0.130. The molecule has 0 aromatic rings. The average molecular weight is 246 g/mol. The van der Waals surface area contributed by atoms with Crippen LogP contribution in [-0.4, -0.2) is 33.3 Å². The summed E-state index contributed by atoms with van der Waals surface area (Å²) in [6, 6.07) is 0.119. The first-order chi connectivity index (χ1) is 7.66. The Balaban J connectivity index is 1.81. The highest BCUT2D eigenvalue weighted by Crippen LogP contribution is 2.24. The van der Waals surface area contributed by atoms with Gasteiger partial charge in [-0.3, -0.25) is 0 Å². The fraction of sp³-hybridized carbons (Fsp3) is 1.00. The Bertz CT molecular complexity index is 304. The van der Waals surface area contributed by atoms with Crippen LogP contribution in [0, 0.1) is 5.92 Å². The summed E-state index contributed by atoms with van der Waals surface area (Å²) in [6.45, 7) is 1.71. The molecular weight excluding hydrogens is 224 g/mol. The van der Waals surface area contributed by atoms with Gasteiger partial charge < -0.3 is 5.32 Å². The number of sulfonamides is 1. The van der Waals surface area contributed by atoms with Gasteiger partial charge in [0, 0.05) is 12.6 Å². The van der Waals surface area contributed by atoms with Crippen molar-refractivity contribution >= 4 is 10.0 Å². The zero-order valence-corrected chi connectivity index (χ0v) is 10.6. The van der Waals surface area contributed by atoms with Crippen LogP contribution in [0.1, 0.15) is 38.5 Å². The molecule has 1 atom stereocenters. The van der Waals surface area contributed by atoms with Crippen molar-refractivity contribution < 1.29 is 8.42 Å². The van der Waals surface area contributed by atoms with Gasteiger partial charge >= 0.3 is 0 Å². The van der Waals surface area contributed by atoms with Crippen molar-refractivity contribution in [1.82, 2.24) is 10.0 Å². The van der Waals surface area contributed by atoms with Crippen molar-refractivity contribution in [3.8, 4) is 0 Å². The zero-order chi connectivity index (χ0) is 11.4. The predicted molar refractivity (Wildman–Crippen MR) is 64.8 cm³/mol. The fourth-order valence-electron chi connectivity index (χ4n) is 2.72. The van der Waals surface area contributed by atoms with Gasteiger partial charge in [0.25, 0.3) is 0 Å². The van der Waals surface area contributed by atoms with Crippen molar-refractivity contribution in [1.29, 1.82) is 0 Å². The van der Waals surface area contributed by atoms with Crippen LogP contribution in [0.3, 0.4) is 0 Å². The minimum atomic E-state index is -3.05. The van der Waals surface area contributed by atoms with Crippen molar-refractivity contribution in [3.63, 3.8) is 0 Å². The van der Waals surface area contributed by atoms with Crippen LogP contribution in [0.5, 0.6) is 0 Å². The minimum absolute atomic E-state index is 0.119. The molecule has 2 aliphatic rings. The summed E-state index contributed by atoms with van der Waals surface area (Å²) >= 11 is 0. The molecule has 0 amide bonds. The summed E-state index contributed by atoms with van der Waals surface area (Å²) in [5.74, 6) is 0.726. The maximum Gasteiger partial charge on any atom is 0.212 e. The topological polar surface area (TPSA) is 58.2 Å². The van der Waals surface area contributed by atoms with Crippen LogP contribution in [0.4, 0.5) is 0 Å². The van der Waals surface area contributed by atoms with Gasteiger partial charge in [0.2, 0.25) is 10.0 Å². The second-order valence-electron chi connectivity index (χ2n) is 5.09. The molecule has 16 heavy (non-hydrogen) atoms. The molecule has 0 aromatic heterocycles. The maximum atomic E-state index is 11.9. The highest BCUT2D eigenvalue weighted by Gasteiger charge is 2.25. The van der Waals surface area contributed by atoms with Crippen molar-refractivity contribution in [2.75, 3.05) is 18.8 Å². The van der Waals surface area contributed by atoms with E-state index in [4.69, 9.17) is 0 Å². The van der Waals surface area contributed by atoms with E-state index in [9.17, 15) is 8.42 Å². The standard InChI is InChI=1S/C11H22N2O2S/c14-16(15,13-11-6-7-12-8-11)9-10-4-2-1-3-5-10/h10-13H,1-9H2/t11-/m1/s1. The highest BCUT2D eigenvalue weighted by molar-refractivity contribution is 7.89. The van der Waals surface area contributed by atoms with E-state index in [1.54, 1.807) is 0 Å². The van der Waals surface area contributed by atoms with Gasteiger partial charge in [0.15, 0.2) is 0 Å². The molecule has 1 saturated carbocycles. The summed E-state index contributed by atoms with van der Waals surface area (Å²) < 4.78 is 26.6. The normalized spacial score (nSPS) is 28.4. The Kier molecular flexibility index (Phi) is 4.21. The minimum Gasteiger partial charge on any atom is -0.315 e. The Morgan fingerprint density at radius 3 is 2.50 bits per heavy atom. The first-order valence-corrected chi connectivity index (χ1v) is 8.02. The Morgan fingerprint density at radius 1 is 1.12 bits per heavy atom. The van der Waals surface area contributed by atoms with E-state index in [0.29, 0.717) is 11.7 Å². The molecule has 0 bridgehead atoms. The van der Waals surface area contributed by atoms with E-state index < -0.39 is 10.0 Å². The maximum absolute atomic E-state index is 11.9. The number of hydrogen-bond acceptors (Lipinski definition) is 3. The van der Waals surface area contributed by atoms with E-state index >= 15 is 0 Å². The van der Waals surface area contributed by atoms with Crippen LogP contribution in [-0.2, 0) is 10.0 Å². The second kappa shape index (κ2) is 5.47. The highest BCUT2D eigenvalue weighted by atomic mass is 32.2. The molecule has 2 rings (SSSR count). The molecule has 0 aromatic carbocycles. The third kappa shape index (κ3) is 3.71. The molecule has 1 saturated heterocycles. The molecule has 4 nitrogen and oxygen atoms in total. The van der Waals surface area contributed by atoms with Gasteiger partial charge in [-0.2, -0.15) is 0 Å². The quantitative estimate of drug-likeness (QED) is 0.773. The van der Waals surface area contributed by atoms with E-state index in [0.717, 1.165) is 32.4 Å². The molecule has 0 unspecified atom stereocenters. The first kappa shape index (κ1) is 12.3. The Morgan fingerprint density at radius 2 is 1.88 bits per heavy atom. The third-order valence-corrected chi connectivity index (χ3v) is 5.19. The lowest BCUT2D eigenvalue weighted by Crippen LogP contribution is -2.39. The lowest BCUT2D eigenvalue weighted by molar-refractivity contribution is 0.383. The second-order valence-corrected chi connectivity index (χ2v) is 6.89. The molecule has 1 heterocycles.